The Morgan fingerprint density at radius 3 is 2.66 bits per heavy atom. The number of carbonyl (C=O) groups excluding carboxylic acids is 1. The van der Waals surface area contributed by atoms with E-state index in [1.807, 2.05) is 72.5 Å². The molecule has 0 aliphatic carbocycles. The second-order valence-corrected chi connectivity index (χ2v) is 8.80. The van der Waals surface area contributed by atoms with E-state index in [-0.39, 0.29) is 5.91 Å². The van der Waals surface area contributed by atoms with Gasteiger partial charge in [-0.05, 0) is 30.2 Å². The molecule has 0 unspecified atom stereocenters. The molecule has 0 fully saturated rings. The zero-order valence-corrected chi connectivity index (χ0v) is 18.4. The van der Waals surface area contributed by atoms with Gasteiger partial charge < -0.3 is 5.32 Å². The average Bonchev–Trinajstić information content (AvgIpc) is 3.11. The zero-order chi connectivity index (χ0) is 20.4. The van der Waals surface area contributed by atoms with Crippen LogP contribution in [0.1, 0.15) is 25.8 Å². The third kappa shape index (κ3) is 4.38. The van der Waals surface area contributed by atoms with Crippen molar-refractivity contribution in [1.82, 2.24) is 14.9 Å². The summed E-state index contributed by atoms with van der Waals surface area (Å²) in [6.07, 6.45) is 0.513. The maximum atomic E-state index is 12.0. The highest BCUT2D eigenvalue weighted by atomic mass is 79.9. The fourth-order valence-corrected chi connectivity index (χ4v) is 4.17. The second-order valence-electron chi connectivity index (χ2n) is 7.11. The largest absolute Gasteiger partial charge is 0.326 e. The Labute approximate surface area is 181 Å². The predicted octanol–water partition coefficient (Wildman–Crippen LogP) is 5.34. The maximum Gasteiger partial charge on any atom is 0.224 e. The number of hydrogen-bond donors (Lipinski definition) is 2. The molecule has 2 heterocycles. The van der Waals surface area contributed by atoms with Crippen molar-refractivity contribution in [2.45, 2.75) is 25.4 Å². The molecule has 1 aromatic heterocycles. The molecule has 1 aliphatic rings. The van der Waals surface area contributed by atoms with Crippen LogP contribution in [0.4, 0.5) is 5.69 Å². The topological polar surface area (TPSA) is 71.8 Å². The summed E-state index contributed by atoms with van der Waals surface area (Å²) in [5, 5.41) is 14.3. The minimum atomic E-state index is 0.0329. The van der Waals surface area contributed by atoms with Gasteiger partial charge in [0, 0.05) is 33.1 Å². The van der Waals surface area contributed by atoms with Crippen LogP contribution in [0.5, 0.6) is 0 Å². The smallest absolute Gasteiger partial charge is 0.224 e. The van der Waals surface area contributed by atoms with Gasteiger partial charge >= 0.3 is 0 Å². The zero-order valence-electron chi connectivity index (χ0n) is 16.0. The number of halogens is 1. The van der Waals surface area contributed by atoms with E-state index in [9.17, 15) is 4.79 Å². The number of amides is 1. The first-order valence-electron chi connectivity index (χ1n) is 9.25. The van der Waals surface area contributed by atoms with Crippen molar-refractivity contribution in [3.63, 3.8) is 0 Å². The maximum absolute atomic E-state index is 12.0. The van der Waals surface area contributed by atoms with E-state index in [2.05, 4.69) is 36.9 Å². The molecule has 2 N–H and O–H groups in total. The van der Waals surface area contributed by atoms with Gasteiger partial charge in [0.2, 0.25) is 11.1 Å². The molecule has 4 rings (SSSR count). The molecule has 148 valence electrons. The van der Waals surface area contributed by atoms with Crippen molar-refractivity contribution >= 4 is 45.0 Å². The lowest BCUT2D eigenvalue weighted by Crippen LogP contribution is -2.18. The molecular formula is C21H20BrN5OS. The lowest BCUT2D eigenvalue weighted by molar-refractivity contribution is -0.116. The Hall–Kier alpha value is -2.58. The van der Waals surface area contributed by atoms with Gasteiger partial charge in [0.1, 0.15) is 0 Å². The Morgan fingerprint density at radius 1 is 1.17 bits per heavy atom. The molecule has 3 aromatic rings. The number of fused-ring (bicyclic) bond motifs is 1. The number of aromatic nitrogens is 3. The highest BCUT2D eigenvalue weighted by Crippen LogP contribution is 2.33. The molecule has 0 radical (unpaired) electrons. The van der Waals surface area contributed by atoms with Crippen LogP contribution in [0.2, 0.25) is 0 Å². The molecule has 0 saturated carbocycles. The van der Waals surface area contributed by atoms with Crippen LogP contribution in [0.3, 0.4) is 0 Å². The number of anilines is 1. The van der Waals surface area contributed by atoms with E-state index < -0.39 is 0 Å². The minimum absolute atomic E-state index is 0.0329. The van der Waals surface area contributed by atoms with Gasteiger partial charge in [-0.2, -0.15) is 0 Å². The van der Waals surface area contributed by atoms with E-state index in [4.69, 9.17) is 0 Å². The predicted molar refractivity (Wildman–Crippen MR) is 121 cm³/mol. The average molecular weight is 470 g/mol. The van der Waals surface area contributed by atoms with Crippen molar-refractivity contribution in [3.8, 4) is 11.4 Å². The monoisotopic (exact) mass is 469 g/mol. The van der Waals surface area contributed by atoms with Gasteiger partial charge in [-0.15, -0.1) is 10.2 Å². The summed E-state index contributed by atoms with van der Waals surface area (Å²) in [6, 6.07) is 15.7. The molecule has 0 spiro atoms. The Kier molecular flexibility index (Phi) is 5.73. The van der Waals surface area contributed by atoms with Crippen LogP contribution >= 0.6 is 27.7 Å². The summed E-state index contributed by atoms with van der Waals surface area (Å²) in [7, 11) is 0. The van der Waals surface area contributed by atoms with E-state index in [0.717, 1.165) is 38.0 Å². The lowest BCUT2D eigenvalue weighted by atomic mass is 10.1. The molecule has 6 nitrogen and oxygen atoms in total. The van der Waals surface area contributed by atoms with E-state index in [0.29, 0.717) is 12.3 Å². The number of benzene rings is 2. The summed E-state index contributed by atoms with van der Waals surface area (Å²) >= 11 is 5.10. The summed E-state index contributed by atoms with van der Waals surface area (Å²) in [4.78, 5) is 12.0. The number of nitrogens with one attached hydrogen (secondary N) is 2. The van der Waals surface area contributed by atoms with Crippen LogP contribution < -0.4 is 10.7 Å². The first kappa shape index (κ1) is 19.7. The standard InChI is InChI=1S/C21H20BrN5OS/c1-13(2)11-19(28)23-15-9-7-14(8-10-15)18-12-29-21-25-24-20(27(21)26-18)16-5-3-4-6-17(16)22/h3-10,12-13,26H,11H2,1-2H3,(H,23,28). The van der Waals surface area contributed by atoms with E-state index >= 15 is 0 Å². The number of rotatable bonds is 5. The Balaban J connectivity index is 1.53. The fraction of sp³-hybridized carbons (Fsp3) is 0.190. The number of hydrogen-bond acceptors (Lipinski definition) is 5. The van der Waals surface area contributed by atoms with Gasteiger partial charge in [-0.25, -0.2) is 4.68 Å². The molecule has 0 atom stereocenters. The van der Waals surface area contributed by atoms with Gasteiger partial charge in [0.15, 0.2) is 5.82 Å². The quantitative estimate of drug-likeness (QED) is 0.527. The molecule has 0 saturated heterocycles. The molecule has 1 aliphatic heterocycles. The van der Waals surface area contributed by atoms with E-state index in [1.165, 1.54) is 11.8 Å². The summed E-state index contributed by atoms with van der Waals surface area (Å²) in [5.74, 6) is 1.10. The van der Waals surface area contributed by atoms with Crippen molar-refractivity contribution in [1.29, 1.82) is 0 Å². The summed E-state index contributed by atoms with van der Waals surface area (Å²) < 4.78 is 2.85. The minimum Gasteiger partial charge on any atom is -0.326 e. The Morgan fingerprint density at radius 2 is 1.93 bits per heavy atom. The van der Waals surface area contributed by atoms with Crippen LogP contribution in [0, 0.1) is 5.92 Å². The van der Waals surface area contributed by atoms with Crippen molar-refractivity contribution in [3.05, 3.63) is 64.0 Å². The summed E-state index contributed by atoms with van der Waals surface area (Å²) in [5.41, 5.74) is 7.10. The second kappa shape index (κ2) is 8.42. The van der Waals surface area contributed by atoms with Crippen LogP contribution in [-0.4, -0.2) is 20.8 Å². The highest BCUT2D eigenvalue weighted by Gasteiger charge is 2.20. The molecule has 0 bridgehead atoms. The number of thioether (sulfide) groups is 1. The number of carbonyl (C=O) groups is 1. The summed E-state index contributed by atoms with van der Waals surface area (Å²) in [6.45, 7) is 4.06. The first-order chi connectivity index (χ1) is 14.0. The van der Waals surface area contributed by atoms with Crippen molar-refractivity contribution in [2.24, 2.45) is 5.92 Å². The first-order valence-corrected chi connectivity index (χ1v) is 10.9. The SMILES string of the molecule is CC(C)CC(=O)Nc1ccc(C2=CSc3nnc(-c4ccccc4Br)n3N2)cc1. The molecule has 8 heteroatoms. The van der Waals surface area contributed by atoms with Gasteiger partial charge in [-0.3, -0.25) is 10.2 Å². The molecule has 1 amide bonds. The normalized spacial score (nSPS) is 12.9. The molecular weight excluding hydrogens is 450 g/mol. The molecule has 2 aromatic carbocycles. The van der Waals surface area contributed by atoms with Crippen LogP contribution in [0.15, 0.2) is 63.6 Å². The number of nitrogens with zero attached hydrogens (tertiary/aromatic N) is 3. The third-order valence-corrected chi connectivity index (χ3v) is 5.86. The molecule has 29 heavy (non-hydrogen) atoms. The fourth-order valence-electron chi connectivity index (χ4n) is 2.97. The lowest BCUT2D eigenvalue weighted by Gasteiger charge is -2.19. The van der Waals surface area contributed by atoms with Crippen molar-refractivity contribution < 1.29 is 4.79 Å². The van der Waals surface area contributed by atoms with Crippen molar-refractivity contribution in [2.75, 3.05) is 10.7 Å². The van der Waals surface area contributed by atoms with Crippen LogP contribution in [-0.2, 0) is 4.79 Å². The van der Waals surface area contributed by atoms with E-state index in [1.54, 1.807) is 0 Å². The van der Waals surface area contributed by atoms with Gasteiger partial charge in [0.05, 0.1) is 5.70 Å². The Bertz CT molecular complexity index is 1070. The van der Waals surface area contributed by atoms with Crippen LogP contribution in [0.25, 0.3) is 17.1 Å². The van der Waals surface area contributed by atoms with Gasteiger partial charge in [-0.1, -0.05) is 65.8 Å². The highest BCUT2D eigenvalue weighted by molar-refractivity contribution is 9.10. The van der Waals surface area contributed by atoms with Gasteiger partial charge in [0.25, 0.3) is 0 Å². The third-order valence-electron chi connectivity index (χ3n) is 4.34.